The van der Waals surface area contributed by atoms with Crippen molar-refractivity contribution in [1.29, 1.82) is 0 Å². The average molecular weight is 208 g/mol. The molecule has 0 N–H and O–H groups in total. The zero-order valence-electron chi connectivity index (χ0n) is 8.52. The van der Waals surface area contributed by atoms with Crippen LogP contribution in [0.15, 0.2) is 29.4 Å². The van der Waals surface area contributed by atoms with Gasteiger partial charge in [-0.25, -0.2) is 4.98 Å². The summed E-state index contributed by atoms with van der Waals surface area (Å²) in [4.78, 5) is 6.74. The molecule has 1 aromatic rings. The quantitative estimate of drug-likeness (QED) is 0.741. The summed E-state index contributed by atoms with van der Waals surface area (Å²) in [6, 6.07) is 6.13. The lowest BCUT2D eigenvalue weighted by molar-refractivity contribution is 0.282. The van der Waals surface area contributed by atoms with Gasteiger partial charge in [0, 0.05) is 11.4 Å². The lowest BCUT2D eigenvalue weighted by Crippen LogP contribution is -2.31. The number of thioether (sulfide) groups is 1. The molecule has 0 saturated carbocycles. The number of pyridine rings is 1. The zero-order valence-corrected chi connectivity index (χ0v) is 9.33. The molecule has 1 saturated heterocycles. The van der Waals surface area contributed by atoms with Crippen LogP contribution in [0, 0.1) is 0 Å². The molecule has 1 aliphatic rings. The standard InChI is InChI=1S/C11H16N2S/c1-13-8-5-10(6-9-13)14-11-4-2-3-7-12-11/h2-4,7,10H,5-6,8-9H2,1H3. The first-order valence-corrected chi connectivity index (χ1v) is 5.99. The Labute approximate surface area is 89.7 Å². The van der Waals surface area contributed by atoms with E-state index in [1.165, 1.54) is 31.0 Å². The number of hydrogen-bond acceptors (Lipinski definition) is 3. The molecule has 0 amide bonds. The van der Waals surface area contributed by atoms with Crippen molar-refractivity contribution in [2.75, 3.05) is 20.1 Å². The summed E-state index contributed by atoms with van der Waals surface area (Å²) in [5, 5.41) is 1.93. The predicted octanol–water partition coefficient (Wildman–Crippen LogP) is 2.27. The van der Waals surface area contributed by atoms with Crippen LogP contribution < -0.4 is 0 Å². The molecule has 0 aromatic carbocycles. The first-order chi connectivity index (χ1) is 6.84. The Balaban J connectivity index is 1.87. The minimum Gasteiger partial charge on any atom is -0.306 e. The molecule has 0 radical (unpaired) electrons. The van der Waals surface area contributed by atoms with Crippen LogP contribution in [0.25, 0.3) is 0 Å². The Morgan fingerprint density at radius 3 is 2.79 bits per heavy atom. The van der Waals surface area contributed by atoms with Gasteiger partial charge in [0.15, 0.2) is 0 Å². The maximum absolute atomic E-state index is 4.34. The smallest absolute Gasteiger partial charge is 0.0962 e. The first kappa shape index (κ1) is 9.99. The predicted molar refractivity (Wildman–Crippen MR) is 60.6 cm³/mol. The molecule has 1 fully saturated rings. The van der Waals surface area contributed by atoms with Crippen LogP contribution in [-0.2, 0) is 0 Å². The highest BCUT2D eigenvalue weighted by atomic mass is 32.2. The van der Waals surface area contributed by atoms with E-state index in [2.05, 4.69) is 29.1 Å². The molecule has 14 heavy (non-hydrogen) atoms. The zero-order chi connectivity index (χ0) is 9.80. The second kappa shape index (κ2) is 4.80. The van der Waals surface area contributed by atoms with E-state index in [9.17, 15) is 0 Å². The number of rotatable bonds is 2. The fourth-order valence-electron chi connectivity index (χ4n) is 1.69. The minimum absolute atomic E-state index is 0.765. The van der Waals surface area contributed by atoms with E-state index in [0.717, 1.165) is 5.25 Å². The van der Waals surface area contributed by atoms with Crippen LogP contribution in [0.5, 0.6) is 0 Å². The van der Waals surface area contributed by atoms with E-state index < -0.39 is 0 Å². The van der Waals surface area contributed by atoms with E-state index in [0.29, 0.717) is 0 Å². The number of hydrogen-bond donors (Lipinski definition) is 0. The highest BCUT2D eigenvalue weighted by Gasteiger charge is 2.17. The van der Waals surface area contributed by atoms with Gasteiger partial charge in [-0.05, 0) is 45.1 Å². The number of nitrogens with zero attached hydrogens (tertiary/aromatic N) is 2. The van der Waals surface area contributed by atoms with Crippen molar-refractivity contribution in [1.82, 2.24) is 9.88 Å². The summed E-state index contributed by atoms with van der Waals surface area (Å²) in [6.45, 7) is 2.45. The second-order valence-corrected chi connectivity index (χ2v) is 5.11. The third kappa shape index (κ3) is 2.72. The third-order valence-electron chi connectivity index (χ3n) is 2.59. The lowest BCUT2D eigenvalue weighted by atomic mass is 10.1. The molecule has 0 atom stereocenters. The van der Waals surface area contributed by atoms with Gasteiger partial charge in [-0.3, -0.25) is 0 Å². The van der Waals surface area contributed by atoms with Crippen LogP contribution in [0.3, 0.4) is 0 Å². The van der Waals surface area contributed by atoms with Crippen LogP contribution in [-0.4, -0.2) is 35.3 Å². The largest absolute Gasteiger partial charge is 0.306 e. The summed E-state index contributed by atoms with van der Waals surface area (Å²) in [5.74, 6) is 0. The minimum atomic E-state index is 0.765. The van der Waals surface area contributed by atoms with Gasteiger partial charge in [0.25, 0.3) is 0 Å². The van der Waals surface area contributed by atoms with Crippen molar-refractivity contribution in [3.8, 4) is 0 Å². The third-order valence-corrected chi connectivity index (χ3v) is 3.88. The molecule has 1 aromatic heterocycles. The van der Waals surface area contributed by atoms with Gasteiger partial charge in [0.1, 0.15) is 0 Å². The summed E-state index contributed by atoms with van der Waals surface area (Å²) in [7, 11) is 2.20. The van der Waals surface area contributed by atoms with Crippen LogP contribution in [0.2, 0.25) is 0 Å². The van der Waals surface area contributed by atoms with Crippen LogP contribution in [0.4, 0.5) is 0 Å². The van der Waals surface area contributed by atoms with Gasteiger partial charge < -0.3 is 4.90 Å². The molecular formula is C11H16N2S. The van der Waals surface area contributed by atoms with E-state index >= 15 is 0 Å². The summed E-state index contributed by atoms with van der Waals surface area (Å²) in [5.41, 5.74) is 0. The Hall–Kier alpha value is -0.540. The summed E-state index contributed by atoms with van der Waals surface area (Å²) < 4.78 is 0. The van der Waals surface area contributed by atoms with Gasteiger partial charge in [0.05, 0.1) is 5.03 Å². The molecule has 0 bridgehead atoms. The van der Waals surface area contributed by atoms with E-state index in [-0.39, 0.29) is 0 Å². The maximum Gasteiger partial charge on any atom is 0.0962 e. The van der Waals surface area contributed by atoms with E-state index in [1.807, 2.05) is 24.0 Å². The molecule has 2 rings (SSSR count). The molecular weight excluding hydrogens is 192 g/mol. The highest BCUT2D eigenvalue weighted by molar-refractivity contribution is 7.99. The lowest BCUT2D eigenvalue weighted by Gasteiger charge is -2.28. The van der Waals surface area contributed by atoms with Crippen molar-refractivity contribution < 1.29 is 0 Å². The van der Waals surface area contributed by atoms with Crippen molar-refractivity contribution in [2.24, 2.45) is 0 Å². The van der Waals surface area contributed by atoms with Gasteiger partial charge >= 0.3 is 0 Å². The monoisotopic (exact) mass is 208 g/mol. The van der Waals surface area contributed by atoms with Gasteiger partial charge in [-0.1, -0.05) is 6.07 Å². The first-order valence-electron chi connectivity index (χ1n) is 5.11. The average Bonchev–Trinajstić information content (AvgIpc) is 2.23. The fourth-order valence-corrected chi connectivity index (χ4v) is 2.76. The van der Waals surface area contributed by atoms with E-state index in [1.54, 1.807) is 0 Å². The van der Waals surface area contributed by atoms with Crippen molar-refractivity contribution in [3.05, 3.63) is 24.4 Å². The van der Waals surface area contributed by atoms with Crippen molar-refractivity contribution in [3.63, 3.8) is 0 Å². The Bertz CT molecular complexity index is 268. The number of aromatic nitrogens is 1. The molecule has 0 unspecified atom stereocenters. The van der Waals surface area contributed by atoms with E-state index in [4.69, 9.17) is 0 Å². The van der Waals surface area contributed by atoms with Gasteiger partial charge in [-0.15, -0.1) is 11.8 Å². The fraction of sp³-hybridized carbons (Fsp3) is 0.545. The molecule has 1 aliphatic heterocycles. The number of piperidine rings is 1. The summed E-state index contributed by atoms with van der Waals surface area (Å²) >= 11 is 1.93. The van der Waals surface area contributed by atoms with Gasteiger partial charge in [-0.2, -0.15) is 0 Å². The molecule has 76 valence electrons. The van der Waals surface area contributed by atoms with Crippen molar-refractivity contribution in [2.45, 2.75) is 23.1 Å². The van der Waals surface area contributed by atoms with Crippen molar-refractivity contribution >= 4 is 11.8 Å². The Kier molecular flexibility index (Phi) is 3.43. The summed E-state index contributed by atoms with van der Waals surface area (Å²) in [6.07, 6.45) is 4.45. The molecule has 2 nitrogen and oxygen atoms in total. The molecule has 2 heterocycles. The Morgan fingerprint density at radius 1 is 1.36 bits per heavy atom. The second-order valence-electron chi connectivity index (χ2n) is 3.79. The Morgan fingerprint density at radius 2 is 2.14 bits per heavy atom. The molecule has 0 aliphatic carbocycles. The SMILES string of the molecule is CN1CCC(Sc2ccccn2)CC1. The normalized spacial score (nSPS) is 19.8. The molecule has 0 spiro atoms. The highest BCUT2D eigenvalue weighted by Crippen LogP contribution is 2.28. The maximum atomic E-state index is 4.34. The number of likely N-dealkylation sites (tertiary alicyclic amines) is 1. The van der Waals surface area contributed by atoms with Crippen LogP contribution >= 0.6 is 11.8 Å². The van der Waals surface area contributed by atoms with Crippen LogP contribution in [0.1, 0.15) is 12.8 Å². The van der Waals surface area contributed by atoms with Gasteiger partial charge in [0.2, 0.25) is 0 Å². The molecule has 3 heteroatoms. The topological polar surface area (TPSA) is 16.1 Å².